The van der Waals surface area contributed by atoms with Crippen LogP contribution in [0.1, 0.15) is 17.0 Å². The minimum absolute atomic E-state index is 0.141. The highest BCUT2D eigenvalue weighted by molar-refractivity contribution is 5.43. The third-order valence-electron chi connectivity index (χ3n) is 3.36. The van der Waals surface area contributed by atoms with Crippen molar-refractivity contribution in [3.63, 3.8) is 0 Å². The summed E-state index contributed by atoms with van der Waals surface area (Å²) in [6, 6.07) is 8.49. The molecule has 3 rings (SSSR count). The highest BCUT2D eigenvalue weighted by atomic mass is 19.1. The third-order valence-corrected chi connectivity index (χ3v) is 3.36. The van der Waals surface area contributed by atoms with E-state index in [1.807, 2.05) is 0 Å². The number of ether oxygens (including phenoxy) is 1. The molecule has 0 saturated carbocycles. The molecule has 1 atom stereocenters. The van der Waals surface area contributed by atoms with Gasteiger partial charge in [0.2, 0.25) is 0 Å². The van der Waals surface area contributed by atoms with Crippen LogP contribution < -0.4 is 4.74 Å². The summed E-state index contributed by atoms with van der Waals surface area (Å²) in [5, 5.41) is 9.36. The first-order chi connectivity index (χ1) is 9.13. The molecule has 19 heavy (non-hydrogen) atoms. The molecule has 1 N–H and O–H groups in total. The minimum atomic E-state index is -0.580. The Balaban J connectivity index is 1.91. The molecule has 0 bridgehead atoms. The van der Waals surface area contributed by atoms with E-state index in [1.54, 1.807) is 18.2 Å². The molecular formula is C15H12F2O2. The normalized spacial score (nSPS) is 17.7. The molecule has 2 nitrogen and oxygen atoms in total. The van der Waals surface area contributed by atoms with Crippen LogP contribution >= 0.6 is 0 Å². The van der Waals surface area contributed by atoms with E-state index in [2.05, 4.69) is 0 Å². The molecule has 0 aromatic heterocycles. The number of rotatable bonds is 1. The van der Waals surface area contributed by atoms with E-state index in [0.717, 1.165) is 11.6 Å². The summed E-state index contributed by atoms with van der Waals surface area (Å²) in [6.45, 7) is 0.318. The van der Waals surface area contributed by atoms with Crippen molar-refractivity contribution in [2.75, 3.05) is 6.61 Å². The maximum atomic E-state index is 13.7. The lowest BCUT2D eigenvalue weighted by molar-refractivity contribution is 0.258. The summed E-state index contributed by atoms with van der Waals surface area (Å²) in [5.41, 5.74) is 1.37. The molecular weight excluding hydrogens is 250 g/mol. The molecule has 0 saturated heterocycles. The molecule has 0 spiro atoms. The minimum Gasteiger partial charge on any atom is -0.508 e. The average molecular weight is 262 g/mol. The third kappa shape index (κ3) is 2.26. The van der Waals surface area contributed by atoms with Gasteiger partial charge in [0.15, 0.2) is 0 Å². The lowest BCUT2D eigenvalue weighted by Crippen LogP contribution is -2.20. The van der Waals surface area contributed by atoms with Gasteiger partial charge < -0.3 is 9.84 Å². The molecule has 4 heteroatoms. The molecule has 0 amide bonds. The first-order valence-corrected chi connectivity index (χ1v) is 6.03. The van der Waals surface area contributed by atoms with Gasteiger partial charge in [-0.3, -0.25) is 0 Å². The van der Waals surface area contributed by atoms with Crippen LogP contribution in [0.3, 0.4) is 0 Å². The second kappa shape index (κ2) is 4.53. The zero-order chi connectivity index (χ0) is 13.4. The van der Waals surface area contributed by atoms with E-state index in [9.17, 15) is 13.9 Å². The summed E-state index contributed by atoms with van der Waals surface area (Å²) in [4.78, 5) is 0. The van der Waals surface area contributed by atoms with Gasteiger partial charge in [0.05, 0.1) is 6.61 Å². The zero-order valence-electron chi connectivity index (χ0n) is 10.1. The largest absolute Gasteiger partial charge is 0.508 e. The van der Waals surface area contributed by atoms with Crippen molar-refractivity contribution in [2.24, 2.45) is 0 Å². The highest BCUT2D eigenvalue weighted by Crippen LogP contribution is 2.35. The molecule has 98 valence electrons. The molecule has 2 aromatic rings. The van der Waals surface area contributed by atoms with Gasteiger partial charge in [-0.15, -0.1) is 0 Å². The lowest BCUT2D eigenvalue weighted by Gasteiger charge is -2.26. The summed E-state index contributed by atoms with van der Waals surface area (Å²) in [5.74, 6) is -0.499. The fourth-order valence-corrected chi connectivity index (χ4v) is 2.39. The number of fused-ring (bicyclic) bond motifs is 1. The summed E-state index contributed by atoms with van der Waals surface area (Å²) in [7, 11) is 0. The van der Waals surface area contributed by atoms with Gasteiger partial charge in [0.25, 0.3) is 0 Å². The molecule has 1 aliphatic heterocycles. The summed E-state index contributed by atoms with van der Waals surface area (Å²) < 4.78 is 32.2. The van der Waals surface area contributed by atoms with Crippen LogP contribution in [-0.2, 0) is 6.42 Å². The number of hydrogen-bond acceptors (Lipinski definition) is 2. The van der Waals surface area contributed by atoms with Crippen molar-refractivity contribution in [2.45, 2.75) is 12.3 Å². The van der Waals surface area contributed by atoms with E-state index in [-0.39, 0.29) is 11.7 Å². The molecule has 2 aromatic carbocycles. The van der Waals surface area contributed by atoms with Crippen molar-refractivity contribution in [3.05, 3.63) is 59.2 Å². The molecule has 1 heterocycles. The predicted molar refractivity (Wildman–Crippen MR) is 66.4 cm³/mol. The highest BCUT2D eigenvalue weighted by Gasteiger charge is 2.24. The SMILES string of the molecule is Oc1ccc2c(c1)OCC(c1ccc(F)cc1F)C2. The van der Waals surface area contributed by atoms with Crippen molar-refractivity contribution in [1.29, 1.82) is 0 Å². The maximum Gasteiger partial charge on any atom is 0.129 e. The van der Waals surface area contributed by atoms with E-state index in [0.29, 0.717) is 24.3 Å². The number of benzene rings is 2. The Labute approximate surface area is 109 Å². The number of hydrogen-bond donors (Lipinski definition) is 1. The first kappa shape index (κ1) is 12.0. The standard InChI is InChI=1S/C15H12F2O2/c16-11-2-4-13(14(17)6-11)10-5-9-1-3-12(18)7-15(9)19-8-10/h1-4,6-7,10,18H,5,8H2. The van der Waals surface area contributed by atoms with E-state index >= 15 is 0 Å². The van der Waals surface area contributed by atoms with Crippen molar-refractivity contribution < 1.29 is 18.6 Å². The topological polar surface area (TPSA) is 29.5 Å². The summed E-state index contributed by atoms with van der Waals surface area (Å²) in [6.07, 6.45) is 0.609. The molecule has 0 fully saturated rings. The summed E-state index contributed by atoms with van der Waals surface area (Å²) >= 11 is 0. The van der Waals surface area contributed by atoms with Crippen molar-refractivity contribution in [3.8, 4) is 11.5 Å². The van der Waals surface area contributed by atoms with Gasteiger partial charge in [-0.05, 0) is 29.7 Å². The lowest BCUT2D eigenvalue weighted by atomic mass is 9.90. The van der Waals surface area contributed by atoms with E-state index < -0.39 is 11.6 Å². The Bertz CT molecular complexity index is 626. The van der Waals surface area contributed by atoms with Crippen LogP contribution in [0.4, 0.5) is 8.78 Å². The molecule has 1 aliphatic rings. The Morgan fingerprint density at radius 3 is 2.74 bits per heavy atom. The van der Waals surface area contributed by atoms with Crippen LogP contribution in [0.5, 0.6) is 11.5 Å². The second-order valence-electron chi connectivity index (χ2n) is 4.67. The van der Waals surface area contributed by atoms with Gasteiger partial charge in [-0.2, -0.15) is 0 Å². The molecule has 1 unspecified atom stereocenters. The van der Waals surface area contributed by atoms with E-state index in [1.165, 1.54) is 12.1 Å². The fourth-order valence-electron chi connectivity index (χ4n) is 2.39. The van der Waals surface area contributed by atoms with Gasteiger partial charge in [0.1, 0.15) is 23.1 Å². The number of phenolic OH excluding ortho intramolecular Hbond substituents is 1. The fraction of sp³-hybridized carbons (Fsp3) is 0.200. The van der Waals surface area contributed by atoms with Crippen LogP contribution in [-0.4, -0.2) is 11.7 Å². The second-order valence-corrected chi connectivity index (χ2v) is 4.67. The van der Waals surface area contributed by atoms with Gasteiger partial charge in [-0.25, -0.2) is 8.78 Å². The number of phenols is 1. The maximum absolute atomic E-state index is 13.7. The monoisotopic (exact) mass is 262 g/mol. The van der Waals surface area contributed by atoms with Crippen LogP contribution in [0.2, 0.25) is 0 Å². The molecule has 0 aliphatic carbocycles. The van der Waals surface area contributed by atoms with E-state index in [4.69, 9.17) is 4.74 Å². The smallest absolute Gasteiger partial charge is 0.129 e. The quantitative estimate of drug-likeness (QED) is 0.853. The van der Waals surface area contributed by atoms with Crippen LogP contribution in [0.25, 0.3) is 0 Å². The van der Waals surface area contributed by atoms with Gasteiger partial charge in [-0.1, -0.05) is 12.1 Å². The Kier molecular flexibility index (Phi) is 2.85. The predicted octanol–water partition coefficient (Wildman–Crippen LogP) is 3.39. The average Bonchev–Trinajstić information content (AvgIpc) is 2.38. The van der Waals surface area contributed by atoms with Gasteiger partial charge >= 0.3 is 0 Å². The Hall–Kier alpha value is -2.10. The zero-order valence-corrected chi connectivity index (χ0v) is 10.1. The van der Waals surface area contributed by atoms with Crippen LogP contribution in [0.15, 0.2) is 36.4 Å². The van der Waals surface area contributed by atoms with Crippen molar-refractivity contribution >= 4 is 0 Å². The van der Waals surface area contributed by atoms with Crippen molar-refractivity contribution in [1.82, 2.24) is 0 Å². The van der Waals surface area contributed by atoms with Crippen LogP contribution in [0, 0.1) is 11.6 Å². The van der Waals surface area contributed by atoms with Gasteiger partial charge in [0, 0.05) is 18.1 Å². The first-order valence-electron chi connectivity index (χ1n) is 6.03. The Morgan fingerprint density at radius 2 is 1.95 bits per heavy atom. The molecule has 0 radical (unpaired) electrons. The number of aromatic hydroxyl groups is 1. The Morgan fingerprint density at radius 1 is 1.11 bits per heavy atom. The number of halogens is 2.